The Morgan fingerprint density at radius 2 is 2.00 bits per heavy atom. The number of alkyl halides is 2. The molecule has 0 N–H and O–H groups in total. The van der Waals surface area contributed by atoms with Gasteiger partial charge in [-0.1, -0.05) is 19.9 Å². The quantitative estimate of drug-likeness (QED) is 0.714. The molecule has 0 spiro atoms. The van der Waals surface area contributed by atoms with Crippen LogP contribution in [0.1, 0.15) is 38.8 Å². The average molecular weight is 342 g/mol. The lowest BCUT2D eigenvalue weighted by atomic mass is 10.0. The molecule has 0 bridgehead atoms. The number of esters is 1. The Balaban J connectivity index is 2.21. The van der Waals surface area contributed by atoms with Gasteiger partial charge in [0.05, 0.1) is 19.7 Å². The molecule has 1 atom stereocenters. The molecule has 0 saturated carbocycles. The smallest absolute Gasteiger partial charge is 0.329 e. The number of hydrogen-bond donors (Lipinski definition) is 0. The first-order valence-electron chi connectivity index (χ1n) is 8.19. The standard InChI is InChI=1S/C17H24F2N2O3/c1-4-24-16(23)14(7-12(2)3)21-9-13(5-6-15(21)22)8-20-10-17(18,19)11-20/h5-6,9,12,14H,4,7-8,10-11H2,1-3H3. The number of aromatic nitrogens is 1. The van der Waals surface area contributed by atoms with Gasteiger partial charge in [0, 0.05) is 18.8 Å². The highest BCUT2D eigenvalue weighted by molar-refractivity contribution is 5.74. The molecule has 1 aliphatic heterocycles. The molecule has 0 amide bonds. The minimum absolute atomic E-state index is 0.198. The Morgan fingerprint density at radius 3 is 2.54 bits per heavy atom. The molecule has 1 saturated heterocycles. The molecule has 1 aromatic heterocycles. The lowest BCUT2D eigenvalue weighted by Crippen LogP contribution is -2.55. The van der Waals surface area contributed by atoms with E-state index in [1.165, 1.54) is 10.6 Å². The van der Waals surface area contributed by atoms with Crippen LogP contribution < -0.4 is 5.56 Å². The number of pyridine rings is 1. The average Bonchev–Trinajstić information content (AvgIpc) is 2.45. The molecule has 1 fully saturated rings. The Bertz CT molecular complexity index is 635. The van der Waals surface area contributed by atoms with E-state index in [1.54, 1.807) is 24.1 Å². The largest absolute Gasteiger partial charge is 0.464 e. The summed E-state index contributed by atoms with van der Waals surface area (Å²) in [4.78, 5) is 26.0. The van der Waals surface area contributed by atoms with E-state index in [4.69, 9.17) is 4.74 Å². The van der Waals surface area contributed by atoms with Crippen LogP contribution in [0.4, 0.5) is 8.78 Å². The van der Waals surface area contributed by atoms with Crippen LogP contribution >= 0.6 is 0 Å². The third-order valence-corrected chi connectivity index (χ3v) is 3.90. The van der Waals surface area contributed by atoms with Crippen LogP contribution in [0.5, 0.6) is 0 Å². The van der Waals surface area contributed by atoms with Gasteiger partial charge in [-0.25, -0.2) is 13.6 Å². The van der Waals surface area contributed by atoms with Crippen LogP contribution in [0, 0.1) is 5.92 Å². The SMILES string of the molecule is CCOC(=O)C(CC(C)C)n1cc(CN2CC(F)(F)C2)ccc1=O. The lowest BCUT2D eigenvalue weighted by molar-refractivity contribution is -0.147. The van der Waals surface area contributed by atoms with E-state index in [1.807, 2.05) is 13.8 Å². The van der Waals surface area contributed by atoms with Gasteiger partial charge in [-0.05, 0) is 24.8 Å². The first-order valence-corrected chi connectivity index (χ1v) is 8.19. The second-order valence-electron chi connectivity index (χ2n) is 6.68. The van der Waals surface area contributed by atoms with Crippen molar-refractivity contribution < 1.29 is 18.3 Å². The van der Waals surface area contributed by atoms with Gasteiger partial charge in [-0.2, -0.15) is 0 Å². The summed E-state index contributed by atoms with van der Waals surface area (Å²) in [7, 11) is 0. The number of carbonyl (C=O) groups is 1. The van der Waals surface area contributed by atoms with Gasteiger partial charge in [-0.3, -0.25) is 9.69 Å². The fraction of sp³-hybridized carbons (Fsp3) is 0.647. The van der Waals surface area contributed by atoms with Gasteiger partial charge in [0.1, 0.15) is 6.04 Å². The molecule has 5 nitrogen and oxygen atoms in total. The summed E-state index contributed by atoms with van der Waals surface area (Å²) in [6.07, 6.45) is 2.06. The summed E-state index contributed by atoms with van der Waals surface area (Å²) in [5.41, 5.74) is 0.426. The predicted octanol–water partition coefficient (Wildman–Crippen LogP) is 2.45. The third kappa shape index (κ3) is 4.63. The first-order chi connectivity index (χ1) is 11.2. The molecular formula is C17H24F2N2O3. The van der Waals surface area contributed by atoms with Crippen molar-refractivity contribution in [3.05, 3.63) is 34.2 Å². The topological polar surface area (TPSA) is 51.5 Å². The van der Waals surface area contributed by atoms with Gasteiger partial charge < -0.3 is 9.30 Å². The highest BCUT2D eigenvalue weighted by atomic mass is 19.3. The van der Waals surface area contributed by atoms with Crippen LogP contribution in [-0.2, 0) is 16.1 Å². The zero-order valence-corrected chi connectivity index (χ0v) is 14.3. The molecule has 7 heteroatoms. The zero-order valence-electron chi connectivity index (χ0n) is 14.3. The van der Waals surface area contributed by atoms with Crippen LogP contribution in [-0.4, -0.2) is 41.1 Å². The van der Waals surface area contributed by atoms with Gasteiger partial charge in [0.25, 0.3) is 11.5 Å². The van der Waals surface area contributed by atoms with Gasteiger partial charge in [0.15, 0.2) is 0 Å². The molecule has 2 rings (SSSR count). The van der Waals surface area contributed by atoms with E-state index < -0.39 is 17.9 Å². The Hall–Kier alpha value is -1.76. The molecule has 1 aromatic rings. The van der Waals surface area contributed by atoms with Gasteiger partial charge in [-0.15, -0.1) is 0 Å². The maximum absolute atomic E-state index is 12.9. The number of hydrogen-bond acceptors (Lipinski definition) is 4. The minimum Gasteiger partial charge on any atom is -0.464 e. The number of rotatable bonds is 7. The Labute approximate surface area is 140 Å². The summed E-state index contributed by atoms with van der Waals surface area (Å²) in [6.45, 7) is 5.65. The number of carbonyl (C=O) groups excluding carboxylic acids is 1. The van der Waals surface area contributed by atoms with Gasteiger partial charge >= 0.3 is 5.97 Å². The molecule has 1 aliphatic rings. The van der Waals surface area contributed by atoms with E-state index in [2.05, 4.69) is 0 Å². The van der Waals surface area contributed by atoms with E-state index in [9.17, 15) is 18.4 Å². The second kappa shape index (κ2) is 7.42. The monoisotopic (exact) mass is 342 g/mol. The minimum atomic E-state index is -2.63. The van der Waals surface area contributed by atoms with Crippen LogP contribution in [0.25, 0.3) is 0 Å². The van der Waals surface area contributed by atoms with E-state index >= 15 is 0 Å². The zero-order chi connectivity index (χ0) is 17.9. The molecule has 24 heavy (non-hydrogen) atoms. The van der Waals surface area contributed by atoms with E-state index in [-0.39, 0.29) is 31.2 Å². The van der Waals surface area contributed by atoms with Crippen molar-refractivity contribution in [3.8, 4) is 0 Å². The molecule has 1 unspecified atom stereocenters. The van der Waals surface area contributed by atoms with Gasteiger partial charge in [0.2, 0.25) is 0 Å². The maximum Gasteiger partial charge on any atom is 0.329 e. The summed E-state index contributed by atoms with van der Waals surface area (Å²) in [6, 6.07) is 2.29. The highest BCUT2D eigenvalue weighted by Crippen LogP contribution is 2.28. The number of likely N-dealkylation sites (tertiary alicyclic amines) is 1. The Morgan fingerprint density at radius 1 is 1.33 bits per heavy atom. The van der Waals surface area contributed by atoms with Crippen LogP contribution in [0.15, 0.2) is 23.1 Å². The molecule has 0 radical (unpaired) electrons. The molecule has 0 aliphatic carbocycles. The first kappa shape index (κ1) is 18.6. The summed E-state index contributed by atoms with van der Waals surface area (Å²) in [5.74, 6) is -2.87. The van der Waals surface area contributed by atoms with Crippen molar-refractivity contribution in [2.75, 3.05) is 19.7 Å². The third-order valence-electron chi connectivity index (χ3n) is 3.90. The summed E-state index contributed by atoms with van der Waals surface area (Å²) in [5, 5.41) is 0. The lowest BCUT2D eigenvalue weighted by Gasteiger charge is -2.38. The van der Waals surface area contributed by atoms with Crippen molar-refractivity contribution in [2.24, 2.45) is 5.92 Å². The van der Waals surface area contributed by atoms with E-state index in [0.717, 1.165) is 5.56 Å². The fourth-order valence-corrected chi connectivity index (χ4v) is 2.87. The number of nitrogens with zero attached hydrogens (tertiary/aromatic N) is 2. The number of ether oxygens (including phenoxy) is 1. The summed E-state index contributed by atoms with van der Waals surface area (Å²) >= 11 is 0. The maximum atomic E-state index is 12.9. The molecule has 0 aromatic carbocycles. The van der Waals surface area contributed by atoms with Crippen molar-refractivity contribution in [1.82, 2.24) is 9.47 Å². The Kier molecular flexibility index (Phi) is 5.74. The fourth-order valence-electron chi connectivity index (χ4n) is 2.87. The molecule has 134 valence electrons. The van der Waals surface area contributed by atoms with Crippen LogP contribution in [0.2, 0.25) is 0 Å². The van der Waals surface area contributed by atoms with Crippen molar-refractivity contribution in [3.63, 3.8) is 0 Å². The van der Waals surface area contributed by atoms with E-state index in [0.29, 0.717) is 13.0 Å². The number of halogens is 2. The normalized spacial score (nSPS) is 18.2. The predicted molar refractivity (Wildman–Crippen MR) is 86.1 cm³/mol. The molecular weight excluding hydrogens is 318 g/mol. The van der Waals surface area contributed by atoms with Crippen LogP contribution in [0.3, 0.4) is 0 Å². The van der Waals surface area contributed by atoms with Crippen molar-refractivity contribution >= 4 is 5.97 Å². The highest BCUT2D eigenvalue weighted by Gasteiger charge is 2.43. The summed E-state index contributed by atoms with van der Waals surface area (Å²) < 4.78 is 32.3. The molecule has 2 heterocycles. The van der Waals surface area contributed by atoms with Crippen molar-refractivity contribution in [2.45, 2.75) is 45.7 Å². The van der Waals surface area contributed by atoms with Crippen molar-refractivity contribution in [1.29, 1.82) is 0 Å². The second-order valence-corrected chi connectivity index (χ2v) is 6.68.